The van der Waals surface area contributed by atoms with Crippen LogP contribution >= 0.6 is 0 Å². The van der Waals surface area contributed by atoms with Crippen molar-refractivity contribution in [3.63, 3.8) is 0 Å². The number of hydrogen-bond acceptors (Lipinski definition) is 3. The van der Waals surface area contributed by atoms with Gasteiger partial charge in [-0.2, -0.15) is 5.10 Å². The van der Waals surface area contributed by atoms with E-state index in [9.17, 15) is 0 Å². The zero-order valence-electron chi connectivity index (χ0n) is 7.24. The number of aryl methyl sites for hydroxylation is 1. The first kappa shape index (κ1) is 8.13. The summed E-state index contributed by atoms with van der Waals surface area (Å²) in [6.45, 7) is 1.92. The van der Waals surface area contributed by atoms with Crippen LogP contribution in [-0.2, 0) is 0 Å². The van der Waals surface area contributed by atoms with Gasteiger partial charge in [-0.05, 0) is 25.1 Å². The molecule has 0 amide bonds. The van der Waals surface area contributed by atoms with Gasteiger partial charge in [-0.25, -0.2) is 0 Å². The minimum atomic E-state index is -0.303. The number of benzene rings is 1. The standard InChI is InChI=1S/C8H9BN2O2/c1-5-7-4-6(13-9-12)2-3-8(7)11-10-5/h2-4,9,12H,1H3,(H,10,11). The Bertz CT molecular complexity index is 427. The Morgan fingerprint density at radius 2 is 2.38 bits per heavy atom. The van der Waals surface area contributed by atoms with Gasteiger partial charge in [-0.15, -0.1) is 0 Å². The van der Waals surface area contributed by atoms with E-state index in [0.29, 0.717) is 5.75 Å². The average Bonchev–Trinajstić information content (AvgIpc) is 2.49. The number of aromatic amines is 1. The molecule has 0 radical (unpaired) electrons. The predicted octanol–water partition coefficient (Wildman–Crippen LogP) is 0.509. The third-order valence-electron chi connectivity index (χ3n) is 1.96. The first-order valence-corrected chi connectivity index (χ1v) is 3.99. The molecule has 13 heavy (non-hydrogen) atoms. The van der Waals surface area contributed by atoms with Gasteiger partial charge in [0.1, 0.15) is 5.75 Å². The Morgan fingerprint density at radius 1 is 1.54 bits per heavy atom. The Labute approximate surface area is 75.8 Å². The molecule has 1 aromatic carbocycles. The second kappa shape index (κ2) is 3.10. The van der Waals surface area contributed by atoms with Crippen LogP contribution in [0.2, 0.25) is 0 Å². The molecule has 2 aromatic rings. The van der Waals surface area contributed by atoms with Gasteiger partial charge in [0.15, 0.2) is 0 Å². The fraction of sp³-hybridized carbons (Fsp3) is 0.125. The van der Waals surface area contributed by atoms with Crippen LogP contribution in [0.25, 0.3) is 10.9 Å². The van der Waals surface area contributed by atoms with Crippen LogP contribution in [0.3, 0.4) is 0 Å². The van der Waals surface area contributed by atoms with Crippen molar-refractivity contribution in [1.29, 1.82) is 0 Å². The molecule has 1 aromatic heterocycles. The van der Waals surface area contributed by atoms with Gasteiger partial charge < -0.3 is 9.68 Å². The van der Waals surface area contributed by atoms with Gasteiger partial charge in [0.2, 0.25) is 0 Å². The monoisotopic (exact) mass is 176 g/mol. The Balaban J connectivity index is 2.53. The van der Waals surface area contributed by atoms with E-state index in [1.165, 1.54) is 0 Å². The number of H-pyrrole nitrogens is 1. The molecule has 66 valence electrons. The van der Waals surface area contributed by atoms with E-state index >= 15 is 0 Å². The highest BCUT2D eigenvalue weighted by atomic mass is 16.5. The SMILES string of the molecule is Cc1n[nH]c2ccc(OBO)cc12. The van der Waals surface area contributed by atoms with E-state index in [1.807, 2.05) is 19.1 Å². The Morgan fingerprint density at radius 3 is 3.15 bits per heavy atom. The maximum atomic E-state index is 8.57. The minimum absolute atomic E-state index is 0.303. The fourth-order valence-corrected chi connectivity index (χ4v) is 1.29. The van der Waals surface area contributed by atoms with Gasteiger partial charge in [0.05, 0.1) is 11.2 Å². The van der Waals surface area contributed by atoms with Crippen molar-refractivity contribution in [2.24, 2.45) is 0 Å². The lowest BCUT2D eigenvalue weighted by atomic mass is 10.2. The van der Waals surface area contributed by atoms with Crippen LogP contribution in [0.4, 0.5) is 0 Å². The van der Waals surface area contributed by atoms with Gasteiger partial charge in [0.25, 0.3) is 0 Å². The summed E-state index contributed by atoms with van der Waals surface area (Å²) in [5.74, 6) is 0.652. The van der Waals surface area contributed by atoms with E-state index < -0.39 is 0 Å². The summed E-state index contributed by atoms with van der Waals surface area (Å²) in [5.41, 5.74) is 1.90. The topological polar surface area (TPSA) is 58.1 Å². The quantitative estimate of drug-likeness (QED) is 0.655. The van der Waals surface area contributed by atoms with Crippen molar-refractivity contribution >= 4 is 18.6 Å². The number of rotatable bonds is 2. The molecule has 0 saturated heterocycles. The Kier molecular flexibility index (Phi) is 1.94. The number of hydrogen-bond donors (Lipinski definition) is 2. The molecule has 0 aliphatic rings. The molecule has 2 rings (SSSR count). The first-order valence-electron chi connectivity index (χ1n) is 3.99. The molecule has 0 unspecified atom stereocenters. The number of fused-ring (bicyclic) bond motifs is 1. The summed E-state index contributed by atoms with van der Waals surface area (Å²) in [6.07, 6.45) is 0. The van der Waals surface area contributed by atoms with Crippen LogP contribution in [0.15, 0.2) is 18.2 Å². The Hall–Kier alpha value is -1.49. The molecule has 4 nitrogen and oxygen atoms in total. The normalized spacial score (nSPS) is 10.3. The number of aromatic nitrogens is 2. The van der Waals surface area contributed by atoms with Gasteiger partial charge in [-0.3, -0.25) is 5.10 Å². The zero-order chi connectivity index (χ0) is 9.26. The largest absolute Gasteiger partial charge is 0.539 e. The number of nitrogens with one attached hydrogen (secondary N) is 1. The second-order valence-electron chi connectivity index (χ2n) is 2.79. The van der Waals surface area contributed by atoms with Crippen LogP contribution < -0.4 is 4.65 Å². The highest BCUT2D eigenvalue weighted by Gasteiger charge is 2.02. The third-order valence-corrected chi connectivity index (χ3v) is 1.96. The fourth-order valence-electron chi connectivity index (χ4n) is 1.29. The lowest BCUT2D eigenvalue weighted by Crippen LogP contribution is -1.99. The molecule has 0 atom stereocenters. The summed E-state index contributed by atoms with van der Waals surface area (Å²) in [5, 5.41) is 16.5. The van der Waals surface area contributed by atoms with Crippen molar-refractivity contribution in [1.82, 2.24) is 10.2 Å². The predicted molar refractivity (Wildman–Crippen MR) is 50.8 cm³/mol. The van der Waals surface area contributed by atoms with Crippen LogP contribution in [0, 0.1) is 6.92 Å². The molecule has 1 heterocycles. The molecule has 5 heteroatoms. The van der Waals surface area contributed by atoms with Crippen molar-refractivity contribution in [3.8, 4) is 5.75 Å². The summed E-state index contributed by atoms with van der Waals surface area (Å²) < 4.78 is 4.95. The molecule has 0 bridgehead atoms. The summed E-state index contributed by atoms with van der Waals surface area (Å²) in [7, 11) is -0.303. The van der Waals surface area contributed by atoms with E-state index in [1.54, 1.807) is 6.07 Å². The molecule has 0 fully saturated rings. The van der Waals surface area contributed by atoms with Crippen LogP contribution in [0.5, 0.6) is 5.75 Å². The summed E-state index contributed by atoms with van der Waals surface area (Å²) in [4.78, 5) is 0. The van der Waals surface area contributed by atoms with Crippen LogP contribution in [-0.4, -0.2) is 22.9 Å². The number of nitrogens with zero attached hydrogens (tertiary/aromatic N) is 1. The highest BCUT2D eigenvalue weighted by Crippen LogP contribution is 2.20. The summed E-state index contributed by atoms with van der Waals surface area (Å²) >= 11 is 0. The maximum Gasteiger partial charge on any atom is 0.504 e. The minimum Gasteiger partial charge on any atom is -0.539 e. The molecule has 0 spiro atoms. The second-order valence-corrected chi connectivity index (χ2v) is 2.79. The van der Waals surface area contributed by atoms with Gasteiger partial charge in [0, 0.05) is 5.39 Å². The smallest absolute Gasteiger partial charge is 0.504 e. The van der Waals surface area contributed by atoms with E-state index in [0.717, 1.165) is 16.6 Å². The molecular weight excluding hydrogens is 167 g/mol. The molecule has 2 N–H and O–H groups in total. The lowest BCUT2D eigenvalue weighted by molar-refractivity contribution is 0.454. The molecule has 0 saturated carbocycles. The van der Waals surface area contributed by atoms with Crippen molar-refractivity contribution in [3.05, 3.63) is 23.9 Å². The van der Waals surface area contributed by atoms with Crippen molar-refractivity contribution in [2.75, 3.05) is 0 Å². The van der Waals surface area contributed by atoms with E-state index in [-0.39, 0.29) is 7.69 Å². The van der Waals surface area contributed by atoms with Gasteiger partial charge in [-0.1, -0.05) is 0 Å². The highest BCUT2D eigenvalue weighted by molar-refractivity contribution is 6.17. The first-order chi connectivity index (χ1) is 6.31. The maximum absolute atomic E-state index is 8.57. The van der Waals surface area contributed by atoms with Crippen molar-refractivity contribution < 1.29 is 9.68 Å². The van der Waals surface area contributed by atoms with Crippen molar-refractivity contribution in [2.45, 2.75) is 6.92 Å². The molecule has 0 aliphatic heterocycles. The zero-order valence-corrected chi connectivity index (χ0v) is 7.24. The molecule has 0 aliphatic carbocycles. The van der Waals surface area contributed by atoms with E-state index in [4.69, 9.17) is 9.68 Å². The average molecular weight is 176 g/mol. The van der Waals surface area contributed by atoms with Gasteiger partial charge >= 0.3 is 7.69 Å². The third kappa shape index (κ3) is 1.38. The summed E-state index contributed by atoms with van der Waals surface area (Å²) in [6, 6.07) is 5.51. The van der Waals surface area contributed by atoms with Crippen LogP contribution in [0.1, 0.15) is 5.69 Å². The molecular formula is C8H9BN2O2. The lowest BCUT2D eigenvalue weighted by Gasteiger charge is -2.00. The van der Waals surface area contributed by atoms with E-state index in [2.05, 4.69) is 10.2 Å².